The van der Waals surface area contributed by atoms with Gasteiger partial charge in [-0.1, -0.05) is 30.7 Å². The maximum atomic E-state index is 4.75. The molecule has 0 bridgehead atoms. The maximum absolute atomic E-state index is 4.75. The number of thiazole rings is 1. The molecule has 160 valence electrons. The van der Waals surface area contributed by atoms with E-state index in [0.29, 0.717) is 6.54 Å². The normalized spacial score (nSPS) is 15.1. The molecule has 0 amide bonds. The number of aromatic nitrogens is 1. The van der Waals surface area contributed by atoms with Crippen molar-refractivity contribution in [2.75, 3.05) is 19.6 Å². The lowest BCUT2D eigenvalue weighted by molar-refractivity contribution is 0.221. The number of likely N-dealkylation sites (tertiary alicyclic amines) is 1. The first-order chi connectivity index (χ1) is 13.6. The predicted molar refractivity (Wildman–Crippen MR) is 134 cm³/mol. The largest absolute Gasteiger partial charge is 0.357 e. The van der Waals surface area contributed by atoms with Gasteiger partial charge in [-0.2, -0.15) is 0 Å². The number of guanidine groups is 1. The molecule has 1 fully saturated rings. The van der Waals surface area contributed by atoms with Crippen molar-refractivity contribution >= 4 is 41.3 Å². The van der Waals surface area contributed by atoms with Crippen molar-refractivity contribution in [1.29, 1.82) is 0 Å². The molecular formula is C22H34IN5S. The highest BCUT2D eigenvalue weighted by Crippen LogP contribution is 2.17. The van der Waals surface area contributed by atoms with Crippen LogP contribution in [0.1, 0.15) is 52.9 Å². The smallest absolute Gasteiger partial charge is 0.191 e. The van der Waals surface area contributed by atoms with Crippen LogP contribution in [0.4, 0.5) is 0 Å². The van der Waals surface area contributed by atoms with Gasteiger partial charge >= 0.3 is 0 Å². The summed E-state index contributed by atoms with van der Waals surface area (Å²) in [7, 11) is 0. The minimum atomic E-state index is 0. The Labute approximate surface area is 196 Å². The van der Waals surface area contributed by atoms with Crippen LogP contribution < -0.4 is 10.6 Å². The minimum absolute atomic E-state index is 0. The zero-order chi connectivity index (χ0) is 19.8. The van der Waals surface area contributed by atoms with Gasteiger partial charge in [-0.15, -0.1) is 35.3 Å². The van der Waals surface area contributed by atoms with Gasteiger partial charge in [0.1, 0.15) is 0 Å². The van der Waals surface area contributed by atoms with Crippen LogP contribution in [0.25, 0.3) is 0 Å². The van der Waals surface area contributed by atoms with Crippen molar-refractivity contribution in [3.05, 3.63) is 51.0 Å². The van der Waals surface area contributed by atoms with Crippen molar-refractivity contribution < 1.29 is 0 Å². The second kappa shape index (κ2) is 12.5. The topological polar surface area (TPSA) is 52.6 Å². The molecule has 1 aliphatic heterocycles. The molecule has 1 aliphatic rings. The van der Waals surface area contributed by atoms with Gasteiger partial charge in [0.15, 0.2) is 5.96 Å². The Morgan fingerprint density at radius 2 is 1.76 bits per heavy atom. The molecule has 0 spiro atoms. The molecule has 0 atom stereocenters. The van der Waals surface area contributed by atoms with Crippen molar-refractivity contribution in [1.82, 2.24) is 20.5 Å². The van der Waals surface area contributed by atoms with Gasteiger partial charge in [-0.3, -0.25) is 4.90 Å². The van der Waals surface area contributed by atoms with E-state index in [9.17, 15) is 0 Å². The fraction of sp³-hybridized carbons (Fsp3) is 0.545. The molecule has 2 aromatic rings. The Morgan fingerprint density at radius 3 is 2.38 bits per heavy atom. The van der Waals surface area contributed by atoms with Gasteiger partial charge in [0.25, 0.3) is 0 Å². The first-order valence-corrected chi connectivity index (χ1v) is 11.2. The number of halogens is 1. The third-order valence-electron chi connectivity index (χ3n) is 5.06. The van der Waals surface area contributed by atoms with Crippen LogP contribution in [0.2, 0.25) is 0 Å². The van der Waals surface area contributed by atoms with Crippen LogP contribution in [-0.2, 0) is 19.6 Å². The second-order valence-corrected chi connectivity index (χ2v) is 8.73. The van der Waals surface area contributed by atoms with E-state index in [1.165, 1.54) is 48.4 Å². The van der Waals surface area contributed by atoms with Crippen molar-refractivity contribution in [2.24, 2.45) is 4.99 Å². The van der Waals surface area contributed by atoms with E-state index in [1.807, 2.05) is 0 Å². The summed E-state index contributed by atoms with van der Waals surface area (Å²) in [6, 6.07) is 8.93. The summed E-state index contributed by atoms with van der Waals surface area (Å²) in [5.41, 5.74) is 3.75. The number of aliphatic imine (C=N–C) groups is 1. The Morgan fingerprint density at radius 1 is 1.07 bits per heavy atom. The number of hydrogen-bond donors (Lipinski definition) is 2. The van der Waals surface area contributed by atoms with Crippen LogP contribution in [0.5, 0.6) is 0 Å². The highest BCUT2D eigenvalue weighted by atomic mass is 127. The molecule has 1 aromatic heterocycles. The molecule has 2 N–H and O–H groups in total. The molecule has 2 heterocycles. The zero-order valence-electron chi connectivity index (χ0n) is 17.8. The Balaban J connectivity index is 0.00000300. The molecule has 7 heteroatoms. The van der Waals surface area contributed by atoms with E-state index in [2.05, 4.69) is 65.6 Å². The Bertz CT molecular complexity index is 766. The molecule has 29 heavy (non-hydrogen) atoms. The number of benzene rings is 1. The Kier molecular flexibility index (Phi) is 10.4. The molecule has 1 saturated heterocycles. The summed E-state index contributed by atoms with van der Waals surface area (Å²) >= 11 is 1.74. The molecular weight excluding hydrogens is 493 g/mol. The quantitative estimate of drug-likeness (QED) is 0.314. The second-order valence-electron chi connectivity index (χ2n) is 7.44. The summed E-state index contributed by atoms with van der Waals surface area (Å²) in [5.74, 6) is 0.852. The third kappa shape index (κ3) is 7.86. The summed E-state index contributed by atoms with van der Waals surface area (Å²) in [6.07, 6.45) is 4.07. The third-order valence-corrected chi connectivity index (χ3v) is 6.13. The molecule has 0 unspecified atom stereocenters. The van der Waals surface area contributed by atoms with E-state index in [-0.39, 0.29) is 24.0 Å². The summed E-state index contributed by atoms with van der Waals surface area (Å²) in [4.78, 5) is 13.1. The van der Waals surface area contributed by atoms with Crippen LogP contribution >= 0.6 is 35.3 Å². The molecule has 0 aliphatic carbocycles. The molecule has 0 saturated carbocycles. The predicted octanol–water partition coefficient (Wildman–Crippen LogP) is 4.62. The average molecular weight is 528 g/mol. The molecule has 1 aromatic carbocycles. The van der Waals surface area contributed by atoms with Crippen molar-refractivity contribution in [2.45, 2.75) is 59.7 Å². The van der Waals surface area contributed by atoms with Gasteiger partial charge in [0.2, 0.25) is 0 Å². The standard InChI is InChI=1S/C22H33N5S.HI/c1-4-23-22(25-15-21-17(2)26-18(3)28-21)24-14-19-8-10-20(11-9-19)16-27-12-6-5-7-13-27;/h8-11H,4-7,12-16H2,1-3H3,(H2,23,24,25);1H. The first kappa shape index (κ1) is 24.1. The van der Waals surface area contributed by atoms with Gasteiger partial charge in [-0.25, -0.2) is 9.98 Å². The van der Waals surface area contributed by atoms with E-state index in [0.717, 1.165) is 36.3 Å². The SMILES string of the molecule is CCNC(=NCc1ccc(CN2CCCCC2)cc1)NCc1sc(C)nc1C.I. The fourth-order valence-electron chi connectivity index (χ4n) is 3.54. The number of nitrogens with zero attached hydrogens (tertiary/aromatic N) is 3. The summed E-state index contributed by atoms with van der Waals surface area (Å²) in [5, 5.41) is 7.87. The zero-order valence-corrected chi connectivity index (χ0v) is 21.0. The minimum Gasteiger partial charge on any atom is -0.357 e. The number of hydrogen-bond acceptors (Lipinski definition) is 4. The van der Waals surface area contributed by atoms with Gasteiger partial charge in [-0.05, 0) is 57.8 Å². The summed E-state index contributed by atoms with van der Waals surface area (Å²) < 4.78 is 0. The van der Waals surface area contributed by atoms with Crippen LogP contribution in [0.15, 0.2) is 29.3 Å². The van der Waals surface area contributed by atoms with E-state index < -0.39 is 0 Å². The molecule has 5 nitrogen and oxygen atoms in total. The number of rotatable bonds is 7. The van der Waals surface area contributed by atoms with Crippen molar-refractivity contribution in [3.63, 3.8) is 0 Å². The van der Waals surface area contributed by atoms with Gasteiger partial charge < -0.3 is 10.6 Å². The van der Waals surface area contributed by atoms with E-state index in [1.54, 1.807) is 11.3 Å². The van der Waals surface area contributed by atoms with Crippen molar-refractivity contribution in [3.8, 4) is 0 Å². The highest BCUT2D eigenvalue weighted by molar-refractivity contribution is 14.0. The lowest BCUT2D eigenvalue weighted by Gasteiger charge is -2.26. The first-order valence-electron chi connectivity index (χ1n) is 10.4. The monoisotopic (exact) mass is 527 g/mol. The van der Waals surface area contributed by atoms with E-state index in [4.69, 9.17) is 4.99 Å². The lowest BCUT2D eigenvalue weighted by atomic mass is 10.1. The van der Waals surface area contributed by atoms with Crippen LogP contribution in [0, 0.1) is 13.8 Å². The highest BCUT2D eigenvalue weighted by Gasteiger charge is 2.10. The number of nitrogens with one attached hydrogen (secondary N) is 2. The maximum Gasteiger partial charge on any atom is 0.191 e. The fourth-order valence-corrected chi connectivity index (χ4v) is 4.42. The number of piperidine rings is 1. The molecule has 3 rings (SSSR count). The summed E-state index contributed by atoms with van der Waals surface area (Å²) in [6.45, 7) is 12.0. The van der Waals surface area contributed by atoms with E-state index >= 15 is 0 Å². The molecule has 0 radical (unpaired) electrons. The van der Waals surface area contributed by atoms with Crippen LogP contribution in [-0.4, -0.2) is 35.5 Å². The number of aryl methyl sites for hydroxylation is 2. The van der Waals surface area contributed by atoms with Crippen LogP contribution in [0.3, 0.4) is 0 Å². The average Bonchev–Trinajstić information content (AvgIpc) is 3.03. The lowest BCUT2D eigenvalue weighted by Crippen LogP contribution is -2.36. The van der Waals surface area contributed by atoms with Gasteiger partial charge in [0, 0.05) is 18.0 Å². The van der Waals surface area contributed by atoms with Gasteiger partial charge in [0.05, 0.1) is 23.8 Å². The Hall–Kier alpha value is -1.19.